The van der Waals surface area contributed by atoms with Crippen LogP contribution >= 0.6 is 0 Å². The standard InChI is InChI=1S/C9H13FN2O/c1-12(13-2)6-7-3-8(10)5-9(11)4-7/h3-5H,6,11H2,1-2H3. The molecule has 0 saturated carbocycles. The van der Waals surface area contributed by atoms with Crippen LogP contribution in [0.15, 0.2) is 18.2 Å². The van der Waals surface area contributed by atoms with Crippen LogP contribution in [-0.4, -0.2) is 19.2 Å². The highest BCUT2D eigenvalue weighted by Crippen LogP contribution is 2.12. The van der Waals surface area contributed by atoms with Crippen molar-refractivity contribution >= 4 is 5.69 Å². The largest absolute Gasteiger partial charge is 0.399 e. The zero-order valence-electron chi connectivity index (χ0n) is 7.75. The normalized spacial score (nSPS) is 10.8. The smallest absolute Gasteiger partial charge is 0.125 e. The predicted octanol–water partition coefficient (Wildman–Crippen LogP) is 1.40. The number of anilines is 1. The Bertz CT molecular complexity index is 271. The van der Waals surface area contributed by atoms with E-state index in [2.05, 4.69) is 0 Å². The molecule has 0 aliphatic carbocycles. The fourth-order valence-electron chi connectivity index (χ4n) is 1.09. The minimum absolute atomic E-state index is 0.320. The maximum absolute atomic E-state index is 12.8. The van der Waals surface area contributed by atoms with Gasteiger partial charge in [0.25, 0.3) is 0 Å². The van der Waals surface area contributed by atoms with E-state index in [0.717, 1.165) is 5.56 Å². The van der Waals surface area contributed by atoms with Crippen LogP contribution in [0.2, 0.25) is 0 Å². The minimum Gasteiger partial charge on any atom is -0.399 e. The zero-order chi connectivity index (χ0) is 9.84. The van der Waals surface area contributed by atoms with Gasteiger partial charge in [-0.1, -0.05) is 0 Å². The molecule has 0 fully saturated rings. The molecule has 1 aromatic rings. The Labute approximate surface area is 76.9 Å². The van der Waals surface area contributed by atoms with Crippen LogP contribution in [0.25, 0.3) is 0 Å². The highest BCUT2D eigenvalue weighted by molar-refractivity contribution is 5.41. The molecule has 4 heteroatoms. The molecule has 0 heterocycles. The monoisotopic (exact) mass is 184 g/mol. The number of benzene rings is 1. The summed E-state index contributed by atoms with van der Waals surface area (Å²) in [7, 11) is 3.32. The maximum Gasteiger partial charge on any atom is 0.125 e. The lowest BCUT2D eigenvalue weighted by Gasteiger charge is -2.13. The molecule has 0 spiro atoms. The summed E-state index contributed by atoms with van der Waals surface area (Å²) < 4.78 is 12.8. The fourth-order valence-corrected chi connectivity index (χ4v) is 1.09. The van der Waals surface area contributed by atoms with Crippen molar-refractivity contribution < 1.29 is 9.23 Å². The fraction of sp³-hybridized carbons (Fsp3) is 0.333. The number of hydrogen-bond donors (Lipinski definition) is 1. The van der Waals surface area contributed by atoms with Crippen LogP contribution in [-0.2, 0) is 11.4 Å². The van der Waals surface area contributed by atoms with Crippen molar-refractivity contribution in [1.29, 1.82) is 0 Å². The van der Waals surface area contributed by atoms with E-state index in [9.17, 15) is 4.39 Å². The molecule has 0 atom stereocenters. The van der Waals surface area contributed by atoms with Gasteiger partial charge in [0.05, 0.1) is 7.11 Å². The summed E-state index contributed by atoms with van der Waals surface area (Å²) in [4.78, 5) is 4.90. The third-order valence-electron chi connectivity index (χ3n) is 1.70. The van der Waals surface area contributed by atoms with Crippen LogP contribution in [0.5, 0.6) is 0 Å². The van der Waals surface area contributed by atoms with Crippen molar-refractivity contribution in [3.63, 3.8) is 0 Å². The summed E-state index contributed by atoms with van der Waals surface area (Å²) >= 11 is 0. The Balaban J connectivity index is 2.77. The maximum atomic E-state index is 12.8. The molecule has 0 aliphatic heterocycles. The van der Waals surface area contributed by atoms with Crippen molar-refractivity contribution in [3.05, 3.63) is 29.6 Å². The SMILES string of the molecule is CON(C)Cc1cc(N)cc(F)c1. The van der Waals surface area contributed by atoms with E-state index in [1.165, 1.54) is 12.1 Å². The zero-order valence-corrected chi connectivity index (χ0v) is 7.75. The molecule has 1 rings (SSSR count). The Hall–Kier alpha value is -1.13. The number of rotatable bonds is 3. The van der Waals surface area contributed by atoms with Crippen LogP contribution in [0.3, 0.4) is 0 Å². The van der Waals surface area contributed by atoms with E-state index >= 15 is 0 Å². The van der Waals surface area contributed by atoms with Gasteiger partial charge in [-0.15, -0.1) is 0 Å². The first kappa shape index (κ1) is 9.95. The molecule has 2 N–H and O–H groups in total. The van der Waals surface area contributed by atoms with E-state index < -0.39 is 0 Å². The van der Waals surface area contributed by atoms with Gasteiger partial charge in [-0.05, 0) is 23.8 Å². The second kappa shape index (κ2) is 4.20. The van der Waals surface area contributed by atoms with Crippen molar-refractivity contribution in [2.24, 2.45) is 0 Å². The summed E-state index contributed by atoms with van der Waals surface area (Å²) in [5.74, 6) is -0.320. The van der Waals surface area contributed by atoms with Crippen molar-refractivity contribution in [3.8, 4) is 0 Å². The topological polar surface area (TPSA) is 38.5 Å². The third-order valence-corrected chi connectivity index (χ3v) is 1.70. The predicted molar refractivity (Wildman–Crippen MR) is 49.3 cm³/mol. The average molecular weight is 184 g/mol. The van der Waals surface area contributed by atoms with E-state index in [0.29, 0.717) is 12.2 Å². The number of hydroxylamine groups is 2. The lowest BCUT2D eigenvalue weighted by atomic mass is 10.2. The van der Waals surface area contributed by atoms with Crippen LogP contribution in [0.1, 0.15) is 5.56 Å². The number of nitrogens with zero attached hydrogens (tertiary/aromatic N) is 1. The van der Waals surface area contributed by atoms with E-state index in [4.69, 9.17) is 10.6 Å². The lowest BCUT2D eigenvalue weighted by Crippen LogP contribution is -2.15. The number of hydrogen-bond acceptors (Lipinski definition) is 3. The molecule has 13 heavy (non-hydrogen) atoms. The summed E-state index contributed by atoms with van der Waals surface area (Å²) in [6.45, 7) is 0.512. The van der Waals surface area contributed by atoms with Gasteiger partial charge >= 0.3 is 0 Å². The molecule has 0 saturated heterocycles. The van der Waals surface area contributed by atoms with E-state index in [1.54, 1.807) is 25.3 Å². The molecular weight excluding hydrogens is 171 g/mol. The summed E-state index contributed by atoms with van der Waals surface area (Å²) in [6, 6.07) is 4.45. The molecule has 72 valence electrons. The minimum atomic E-state index is -0.320. The van der Waals surface area contributed by atoms with Gasteiger partial charge in [-0.2, -0.15) is 5.06 Å². The summed E-state index contributed by atoms with van der Waals surface area (Å²) in [5, 5.41) is 1.59. The Morgan fingerprint density at radius 2 is 2.15 bits per heavy atom. The van der Waals surface area contributed by atoms with Crippen LogP contribution < -0.4 is 5.73 Å². The molecule has 0 amide bonds. The summed E-state index contributed by atoms with van der Waals surface area (Å²) in [6.07, 6.45) is 0. The third kappa shape index (κ3) is 3.01. The van der Waals surface area contributed by atoms with Crippen LogP contribution in [0, 0.1) is 5.82 Å². The van der Waals surface area contributed by atoms with Gasteiger partial charge in [0, 0.05) is 19.3 Å². The molecule has 0 unspecified atom stereocenters. The van der Waals surface area contributed by atoms with Crippen molar-refractivity contribution in [2.45, 2.75) is 6.54 Å². The highest BCUT2D eigenvalue weighted by atomic mass is 19.1. The molecule has 0 bridgehead atoms. The molecule has 0 aliphatic rings. The molecule has 0 aromatic heterocycles. The van der Waals surface area contributed by atoms with Crippen molar-refractivity contribution in [1.82, 2.24) is 5.06 Å². The molecule has 3 nitrogen and oxygen atoms in total. The van der Waals surface area contributed by atoms with Gasteiger partial charge < -0.3 is 10.6 Å². The van der Waals surface area contributed by atoms with Crippen LogP contribution in [0.4, 0.5) is 10.1 Å². The highest BCUT2D eigenvalue weighted by Gasteiger charge is 2.01. The number of nitrogen functional groups attached to an aromatic ring is 1. The Kier molecular flexibility index (Phi) is 3.22. The molecule has 0 radical (unpaired) electrons. The first-order valence-corrected chi connectivity index (χ1v) is 3.92. The van der Waals surface area contributed by atoms with Gasteiger partial charge in [0.15, 0.2) is 0 Å². The van der Waals surface area contributed by atoms with Gasteiger partial charge in [-0.3, -0.25) is 0 Å². The average Bonchev–Trinajstić information content (AvgIpc) is 2.02. The first-order chi connectivity index (χ1) is 6.11. The first-order valence-electron chi connectivity index (χ1n) is 3.92. The Morgan fingerprint density at radius 1 is 1.46 bits per heavy atom. The van der Waals surface area contributed by atoms with Gasteiger partial charge in [-0.25, -0.2) is 4.39 Å². The number of nitrogens with two attached hydrogens (primary N) is 1. The van der Waals surface area contributed by atoms with E-state index in [1.807, 2.05) is 0 Å². The number of halogens is 1. The lowest BCUT2D eigenvalue weighted by molar-refractivity contribution is -0.116. The second-order valence-electron chi connectivity index (χ2n) is 2.86. The Morgan fingerprint density at radius 3 is 2.69 bits per heavy atom. The van der Waals surface area contributed by atoms with Gasteiger partial charge in [0.1, 0.15) is 5.82 Å². The van der Waals surface area contributed by atoms with E-state index in [-0.39, 0.29) is 5.82 Å². The second-order valence-corrected chi connectivity index (χ2v) is 2.86. The van der Waals surface area contributed by atoms with Crippen molar-refractivity contribution in [2.75, 3.05) is 19.9 Å². The molecular formula is C9H13FN2O. The molecule has 1 aromatic carbocycles. The summed E-state index contributed by atoms with van der Waals surface area (Å²) in [5.41, 5.74) is 6.70. The van der Waals surface area contributed by atoms with Gasteiger partial charge in [0.2, 0.25) is 0 Å². The quantitative estimate of drug-likeness (QED) is 0.570.